The van der Waals surface area contributed by atoms with Crippen molar-refractivity contribution in [3.8, 4) is 11.3 Å². The van der Waals surface area contributed by atoms with Gasteiger partial charge in [-0.2, -0.15) is 0 Å². The molecule has 146 valence electrons. The Labute approximate surface area is 171 Å². The summed E-state index contributed by atoms with van der Waals surface area (Å²) in [6.45, 7) is 5.69. The molecule has 2 aromatic rings. The Morgan fingerprint density at radius 2 is 1.86 bits per heavy atom. The molecule has 3 heterocycles. The van der Waals surface area contributed by atoms with E-state index in [1.54, 1.807) is 18.3 Å². The highest BCUT2D eigenvalue weighted by atomic mass is 32.1. The first-order valence-electron chi connectivity index (χ1n) is 9.22. The molecule has 28 heavy (non-hydrogen) atoms. The van der Waals surface area contributed by atoms with Crippen LogP contribution in [0.3, 0.4) is 0 Å². The van der Waals surface area contributed by atoms with Gasteiger partial charge in [0.2, 0.25) is 17.7 Å². The van der Waals surface area contributed by atoms with Gasteiger partial charge in [-0.25, -0.2) is 4.98 Å². The topological polar surface area (TPSA) is 79.4 Å². The Kier molecular flexibility index (Phi) is 4.93. The van der Waals surface area contributed by atoms with Crippen molar-refractivity contribution in [2.24, 2.45) is 11.8 Å². The zero-order valence-electron chi connectivity index (χ0n) is 15.9. The number of fused-ring (bicyclic) bond motifs is 1. The first-order chi connectivity index (χ1) is 13.4. The number of nitrogens with one attached hydrogen (secondary N) is 1. The number of aryl methyl sites for hydroxylation is 2. The lowest BCUT2D eigenvalue weighted by Gasteiger charge is -2.21. The van der Waals surface area contributed by atoms with Crippen LogP contribution in [-0.2, 0) is 14.4 Å². The summed E-state index contributed by atoms with van der Waals surface area (Å²) in [5, 5.41) is 5.14. The Morgan fingerprint density at radius 3 is 2.43 bits per heavy atom. The summed E-state index contributed by atoms with van der Waals surface area (Å²) >= 11 is 3.05. The van der Waals surface area contributed by atoms with Crippen LogP contribution in [-0.4, -0.2) is 33.6 Å². The molecule has 0 radical (unpaired) electrons. The third-order valence-corrected chi connectivity index (χ3v) is 7.08. The number of rotatable bonds is 4. The molecule has 1 saturated heterocycles. The second kappa shape index (κ2) is 7.25. The normalized spacial score (nSPS) is 22.5. The number of carbonyl (C=O) groups is 3. The summed E-state index contributed by atoms with van der Waals surface area (Å²) in [7, 11) is 0. The van der Waals surface area contributed by atoms with Crippen molar-refractivity contribution < 1.29 is 14.4 Å². The molecule has 2 unspecified atom stereocenters. The van der Waals surface area contributed by atoms with Gasteiger partial charge >= 0.3 is 0 Å². The van der Waals surface area contributed by atoms with Gasteiger partial charge in [-0.3, -0.25) is 19.3 Å². The number of likely N-dealkylation sites (tertiary alicyclic amines) is 1. The predicted octanol–water partition coefficient (Wildman–Crippen LogP) is 3.77. The smallest absolute Gasteiger partial charge is 0.249 e. The summed E-state index contributed by atoms with van der Waals surface area (Å²) < 4.78 is 0. The van der Waals surface area contributed by atoms with Crippen molar-refractivity contribution in [2.75, 3.05) is 5.32 Å². The molecule has 0 aromatic carbocycles. The molecule has 2 aliphatic rings. The lowest BCUT2D eigenvalue weighted by atomic mass is 9.85. The van der Waals surface area contributed by atoms with Gasteiger partial charge in [0.05, 0.1) is 17.5 Å². The number of thiophene rings is 1. The molecule has 1 fully saturated rings. The third kappa shape index (κ3) is 3.20. The van der Waals surface area contributed by atoms with Crippen LogP contribution < -0.4 is 5.32 Å². The molecule has 3 atom stereocenters. The van der Waals surface area contributed by atoms with E-state index in [2.05, 4.69) is 23.3 Å². The lowest BCUT2D eigenvalue weighted by Crippen LogP contribution is -2.46. The minimum Gasteiger partial charge on any atom is -0.300 e. The van der Waals surface area contributed by atoms with E-state index >= 15 is 0 Å². The van der Waals surface area contributed by atoms with Crippen molar-refractivity contribution >= 4 is 45.5 Å². The molecular weight excluding hydrogens is 394 g/mol. The van der Waals surface area contributed by atoms with Gasteiger partial charge < -0.3 is 5.32 Å². The number of thiazole rings is 1. The summed E-state index contributed by atoms with van der Waals surface area (Å²) in [5.74, 6) is -1.54. The lowest BCUT2D eigenvalue weighted by molar-refractivity contribution is -0.146. The van der Waals surface area contributed by atoms with E-state index in [4.69, 9.17) is 0 Å². The van der Waals surface area contributed by atoms with Crippen LogP contribution in [0.4, 0.5) is 5.13 Å². The van der Waals surface area contributed by atoms with Gasteiger partial charge in [-0.1, -0.05) is 12.2 Å². The Morgan fingerprint density at radius 1 is 1.21 bits per heavy atom. The fourth-order valence-electron chi connectivity index (χ4n) is 3.87. The molecule has 0 spiro atoms. The maximum atomic E-state index is 12.7. The number of imide groups is 1. The number of hydrogen-bond acceptors (Lipinski definition) is 6. The number of amides is 3. The summed E-state index contributed by atoms with van der Waals surface area (Å²) in [5.41, 5.74) is 1.88. The van der Waals surface area contributed by atoms with E-state index in [9.17, 15) is 14.4 Å². The van der Waals surface area contributed by atoms with E-state index in [1.165, 1.54) is 21.1 Å². The molecule has 8 heteroatoms. The van der Waals surface area contributed by atoms with Crippen LogP contribution in [0.2, 0.25) is 0 Å². The van der Waals surface area contributed by atoms with Gasteiger partial charge in [-0.05, 0) is 39.7 Å². The van der Waals surface area contributed by atoms with Crippen molar-refractivity contribution in [3.63, 3.8) is 0 Å². The molecule has 1 aliphatic carbocycles. The summed E-state index contributed by atoms with van der Waals surface area (Å²) in [6.07, 6.45) is 5.00. The number of hydrogen-bond donors (Lipinski definition) is 1. The minimum absolute atomic E-state index is 0.244. The number of allylic oxidation sites excluding steroid dienone is 2. The van der Waals surface area contributed by atoms with Gasteiger partial charge in [0.1, 0.15) is 6.04 Å². The molecule has 0 saturated carbocycles. The first kappa shape index (κ1) is 19.0. The average Bonchev–Trinajstić information content (AvgIpc) is 3.32. The minimum atomic E-state index is -0.858. The quantitative estimate of drug-likeness (QED) is 0.609. The van der Waals surface area contributed by atoms with Crippen molar-refractivity contribution in [1.82, 2.24) is 9.88 Å². The number of nitrogens with zero attached hydrogens (tertiary/aromatic N) is 2. The van der Waals surface area contributed by atoms with Crippen LogP contribution >= 0.6 is 22.7 Å². The highest BCUT2D eigenvalue weighted by Crippen LogP contribution is 2.36. The Hall–Kier alpha value is -2.32. The van der Waals surface area contributed by atoms with Gasteiger partial charge in [-0.15, -0.1) is 22.7 Å². The highest BCUT2D eigenvalue weighted by molar-refractivity contribution is 7.14. The summed E-state index contributed by atoms with van der Waals surface area (Å²) in [6, 6.07) is 1.23. The number of carbonyl (C=O) groups excluding carboxylic acids is 3. The fraction of sp³-hybridized carbons (Fsp3) is 0.400. The van der Waals surface area contributed by atoms with Crippen LogP contribution in [0.25, 0.3) is 11.3 Å². The molecule has 2 aromatic heterocycles. The molecular formula is C20H21N3O3S2. The van der Waals surface area contributed by atoms with Gasteiger partial charge in [0.25, 0.3) is 0 Å². The molecule has 4 rings (SSSR count). The van der Waals surface area contributed by atoms with E-state index in [-0.39, 0.29) is 23.7 Å². The maximum absolute atomic E-state index is 12.7. The Balaban J connectivity index is 1.48. The zero-order valence-corrected chi connectivity index (χ0v) is 17.5. The van der Waals surface area contributed by atoms with E-state index in [0.717, 1.165) is 16.2 Å². The van der Waals surface area contributed by atoms with Crippen LogP contribution in [0.15, 0.2) is 23.6 Å². The van der Waals surface area contributed by atoms with E-state index < -0.39 is 11.9 Å². The Bertz CT molecular complexity index is 965. The molecule has 1 N–H and O–H groups in total. The number of aromatic nitrogens is 1. The summed E-state index contributed by atoms with van der Waals surface area (Å²) in [4.78, 5) is 46.1. The molecule has 0 bridgehead atoms. The predicted molar refractivity (Wildman–Crippen MR) is 110 cm³/mol. The van der Waals surface area contributed by atoms with Crippen molar-refractivity contribution in [1.29, 1.82) is 0 Å². The average molecular weight is 416 g/mol. The fourth-order valence-corrected chi connectivity index (χ4v) is 5.52. The van der Waals surface area contributed by atoms with Crippen molar-refractivity contribution in [2.45, 2.75) is 39.7 Å². The van der Waals surface area contributed by atoms with Crippen LogP contribution in [0.1, 0.15) is 29.5 Å². The SMILES string of the molecule is Cc1cc(-c2csc(NC(=O)[C@H](C)N3C(=O)C4CC=CCC4C3=O)n2)c(C)s1. The van der Waals surface area contributed by atoms with E-state index in [0.29, 0.717) is 18.0 Å². The van der Waals surface area contributed by atoms with Crippen LogP contribution in [0, 0.1) is 25.7 Å². The van der Waals surface area contributed by atoms with Gasteiger partial charge in [0.15, 0.2) is 5.13 Å². The van der Waals surface area contributed by atoms with E-state index in [1.807, 2.05) is 24.5 Å². The highest BCUT2D eigenvalue weighted by Gasteiger charge is 2.50. The van der Waals surface area contributed by atoms with Crippen LogP contribution in [0.5, 0.6) is 0 Å². The second-order valence-corrected chi connectivity index (χ2v) is 9.55. The zero-order chi connectivity index (χ0) is 20.0. The van der Waals surface area contributed by atoms with Gasteiger partial charge in [0, 0.05) is 20.7 Å². The first-order valence-corrected chi connectivity index (χ1v) is 10.9. The number of anilines is 1. The standard InChI is InChI=1S/C20H21N3O3S2/c1-10-8-15(12(3)28-10)16-9-27-20(21-16)22-17(24)11(2)23-18(25)13-6-4-5-7-14(13)19(23)26/h4-5,8-9,11,13-14H,6-7H2,1-3H3,(H,21,22,24)/t11-,13?,14?/m0/s1. The second-order valence-electron chi connectivity index (χ2n) is 7.23. The monoisotopic (exact) mass is 415 g/mol. The maximum Gasteiger partial charge on any atom is 0.249 e. The third-order valence-electron chi connectivity index (χ3n) is 5.36. The van der Waals surface area contributed by atoms with Crippen molar-refractivity contribution in [3.05, 3.63) is 33.4 Å². The molecule has 1 aliphatic heterocycles. The molecule has 6 nitrogen and oxygen atoms in total. The largest absolute Gasteiger partial charge is 0.300 e. The molecule has 3 amide bonds.